The Hall–Kier alpha value is -7.62. The molecule has 0 spiro atoms. The molecular formula is C55H35N3. The minimum atomic E-state index is 0.689. The monoisotopic (exact) mass is 737 g/mol. The first kappa shape index (κ1) is 32.6. The first-order valence-corrected chi connectivity index (χ1v) is 19.9. The van der Waals surface area contributed by atoms with Gasteiger partial charge in [0.1, 0.15) is 0 Å². The minimum absolute atomic E-state index is 0.689. The van der Waals surface area contributed by atoms with E-state index in [-0.39, 0.29) is 0 Å². The summed E-state index contributed by atoms with van der Waals surface area (Å²) in [5, 5.41) is 7.35. The second-order valence-electron chi connectivity index (χ2n) is 15.4. The first-order chi connectivity index (χ1) is 28.7. The molecule has 11 aromatic rings. The normalized spacial score (nSPS) is 12.1. The van der Waals surface area contributed by atoms with Gasteiger partial charge in [-0.3, -0.25) is 0 Å². The van der Waals surface area contributed by atoms with Crippen LogP contribution in [0.5, 0.6) is 0 Å². The molecule has 0 fully saturated rings. The Morgan fingerprint density at radius 1 is 0.362 bits per heavy atom. The van der Waals surface area contributed by atoms with Crippen molar-refractivity contribution < 1.29 is 0 Å². The molecule has 2 bridgehead atoms. The van der Waals surface area contributed by atoms with Crippen LogP contribution in [0.3, 0.4) is 0 Å². The largest absolute Gasteiger partial charge is 0.309 e. The van der Waals surface area contributed by atoms with Gasteiger partial charge in [0.25, 0.3) is 0 Å². The van der Waals surface area contributed by atoms with Gasteiger partial charge in [-0.2, -0.15) is 0 Å². The van der Waals surface area contributed by atoms with Gasteiger partial charge in [0, 0.05) is 39.4 Å². The molecule has 9 aromatic carbocycles. The highest BCUT2D eigenvalue weighted by atomic mass is 15.0. The van der Waals surface area contributed by atoms with E-state index < -0.39 is 0 Å². The second kappa shape index (κ2) is 13.0. The van der Waals surface area contributed by atoms with Crippen LogP contribution < -0.4 is 0 Å². The molecule has 0 N–H and O–H groups in total. The number of para-hydroxylation sites is 1. The van der Waals surface area contributed by atoms with E-state index in [9.17, 15) is 0 Å². The molecule has 12 rings (SSSR count). The van der Waals surface area contributed by atoms with Crippen LogP contribution in [0.25, 0.3) is 105 Å². The van der Waals surface area contributed by atoms with Crippen molar-refractivity contribution in [2.45, 2.75) is 6.42 Å². The van der Waals surface area contributed by atoms with Crippen LogP contribution in [0.15, 0.2) is 200 Å². The van der Waals surface area contributed by atoms with Crippen LogP contribution in [0.4, 0.5) is 0 Å². The van der Waals surface area contributed by atoms with Crippen molar-refractivity contribution in [2.75, 3.05) is 0 Å². The number of rotatable bonds is 4. The van der Waals surface area contributed by atoms with Gasteiger partial charge in [0.05, 0.1) is 28.1 Å². The van der Waals surface area contributed by atoms with Crippen molar-refractivity contribution in [3.8, 4) is 61.8 Å². The van der Waals surface area contributed by atoms with Gasteiger partial charge in [-0.05, 0) is 79.7 Å². The Bertz CT molecular complexity index is 3400. The minimum Gasteiger partial charge on any atom is -0.309 e. The second-order valence-corrected chi connectivity index (χ2v) is 15.4. The van der Waals surface area contributed by atoms with Gasteiger partial charge < -0.3 is 4.57 Å². The Balaban J connectivity index is 1.12. The van der Waals surface area contributed by atoms with E-state index in [1.165, 1.54) is 65.6 Å². The third-order valence-corrected chi connectivity index (χ3v) is 12.0. The summed E-state index contributed by atoms with van der Waals surface area (Å²) >= 11 is 0. The fourth-order valence-electron chi connectivity index (χ4n) is 9.07. The van der Waals surface area contributed by atoms with E-state index in [0.29, 0.717) is 12.2 Å². The van der Waals surface area contributed by atoms with Crippen LogP contribution in [-0.2, 0) is 6.42 Å². The molecule has 0 aliphatic carbocycles. The smallest absolute Gasteiger partial charge is 0.160 e. The number of fused-ring (bicyclic) bond motifs is 10. The van der Waals surface area contributed by atoms with Crippen molar-refractivity contribution in [2.24, 2.45) is 0 Å². The number of benzene rings is 9. The molecule has 3 heterocycles. The molecule has 1 aliphatic rings. The van der Waals surface area contributed by atoms with Crippen molar-refractivity contribution in [3.05, 3.63) is 211 Å². The van der Waals surface area contributed by atoms with Gasteiger partial charge >= 0.3 is 0 Å². The highest BCUT2D eigenvalue weighted by Gasteiger charge is 2.25. The predicted molar refractivity (Wildman–Crippen MR) is 241 cm³/mol. The lowest BCUT2D eigenvalue weighted by Crippen LogP contribution is -2.06. The van der Waals surface area contributed by atoms with Crippen molar-refractivity contribution in [1.82, 2.24) is 14.5 Å². The van der Waals surface area contributed by atoms with E-state index >= 15 is 0 Å². The Labute approximate surface area is 336 Å². The topological polar surface area (TPSA) is 30.7 Å². The van der Waals surface area contributed by atoms with E-state index in [2.05, 4.69) is 205 Å². The van der Waals surface area contributed by atoms with Gasteiger partial charge in [-0.1, -0.05) is 170 Å². The fourth-order valence-corrected chi connectivity index (χ4v) is 9.07. The molecule has 3 heteroatoms. The zero-order valence-electron chi connectivity index (χ0n) is 31.6. The maximum absolute atomic E-state index is 5.61. The van der Waals surface area contributed by atoms with Gasteiger partial charge in [0.2, 0.25) is 0 Å². The van der Waals surface area contributed by atoms with Gasteiger partial charge in [-0.15, -0.1) is 0 Å². The third-order valence-electron chi connectivity index (χ3n) is 12.0. The number of aromatic nitrogens is 3. The summed E-state index contributed by atoms with van der Waals surface area (Å²) in [7, 11) is 0. The molecule has 1 aliphatic heterocycles. The molecule has 0 unspecified atom stereocenters. The predicted octanol–water partition coefficient (Wildman–Crippen LogP) is 14.1. The van der Waals surface area contributed by atoms with Gasteiger partial charge in [-0.25, -0.2) is 9.97 Å². The van der Waals surface area contributed by atoms with Crippen LogP contribution in [0.1, 0.15) is 11.1 Å². The Kier molecular flexibility index (Phi) is 7.29. The zero-order chi connectivity index (χ0) is 38.2. The highest BCUT2D eigenvalue weighted by molar-refractivity contribution is 6.11. The molecule has 270 valence electrons. The summed E-state index contributed by atoms with van der Waals surface area (Å²) in [6.07, 6.45) is 0.689. The standard InChI is InChI=1S/C55H35N3/c1-2-10-36(11-3-1)38-21-26-41(27-22-38)55-56-53(40-24-19-39(20-25-40)45-28-23-37-12-4-5-13-42(37)32-45)49-30-35-18-29-47-46-16-8-9-17-50(46)58(51(47)31-35)52-34-44-15-7-6-14-43(44)33-48(52)54(49)57-55/h1-29,31-34H,30H2. The number of hydrogen-bond donors (Lipinski definition) is 0. The summed E-state index contributed by atoms with van der Waals surface area (Å²) in [6, 6.07) is 72.6. The molecular weight excluding hydrogens is 703 g/mol. The summed E-state index contributed by atoms with van der Waals surface area (Å²) in [5.41, 5.74) is 15.6. The average molecular weight is 738 g/mol. The van der Waals surface area contributed by atoms with E-state index in [0.717, 1.165) is 44.9 Å². The number of hydrogen-bond acceptors (Lipinski definition) is 2. The van der Waals surface area contributed by atoms with Gasteiger partial charge in [0.15, 0.2) is 5.82 Å². The molecule has 2 aromatic heterocycles. The van der Waals surface area contributed by atoms with Crippen molar-refractivity contribution in [3.63, 3.8) is 0 Å². The summed E-state index contributed by atoms with van der Waals surface area (Å²) in [5.74, 6) is 0.708. The lowest BCUT2D eigenvalue weighted by atomic mass is 9.92. The maximum atomic E-state index is 5.61. The lowest BCUT2D eigenvalue weighted by Gasteiger charge is -2.19. The molecule has 3 nitrogen and oxygen atoms in total. The molecule has 0 amide bonds. The van der Waals surface area contributed by atoms with Crippen LogP contribution >= 0.6 is 0 Å². The molecule has 0 saturated heterocycles. The SMILES string of the molecule is c1ccc(-c2ccc(-c3nc(-c4ccc(-c5ccc6ccccc6c5)cc4)c4c(n3)-c3cc5ccccc5cc3-n3c5ccccc5c5ccc(cc53)C4)cc2)cc1. The Morgan fingerprint density at radius 3 is 1.72 bits per heavy atom. The van der Waals surface area contributed by atoms with Crippen LogP contribution in [-0.4, -0.2) is 14.5 Å². The quantitative estimate of drug-likeness (QED) is 0.180. The summed E-state index contributed by atoms with van der Waals surface area (Å²) < 4.78 is 2.46. The molecule has 58 heavy (non-hydrogen) atoms. The maximum Gasteiger partial charge on any atom is 0.160 e. The number of nitrogens with zero attached hydrogens (tertiary/aromatic N) is 3. The first-order valence-electron chi connectivity index (χ1n) is 19.9. The van der Waals surface area contributed by atoms with Crippen LogP contribution in [0.2, 0.25) is 0 Å². The van der Waals surface area contributed by atoms with E-state index in [1.807, 2.05) is 0 Å². The highest BCUT2D eigenvalue weighted by Crippen LogP contribution is 2.43. The summed E-state index contributed by atoms with van der Waals surface area (Å²) in [6.45, 7) is 0. The van der Waals surface area contributed by atoms with E-state index in [4.69, 9.17) is 9.97 Å². The summed E-state index contributed by atoms with van der Waals surface area (Å²) in [4.78, 5) is 11.1. The molecule has 0 radical (unpaired) electrons. The van der Waals surface area contributed by atoms with Crippen molar-refractivity contribution >= 4 is 43.4 Å². The lowest BCUT2D eigenvalue weighted by molar-refractivity contribution is 1.09. The zero-order valence-corrected chi connectivity index (χ0v) is 31.6. The third kappa shape index (κ3) is 5.28. The van der Waals surface area contributed by atoms with Crippen molar-refractivity contribution in [1.29, 1.82) is 0 Å². The van der Waals surface area contributed by atoms with Crippen LogP contribution in [0, 0.1) is 0 Å². The molecule has 0 atom stereocenters. The van der Waals surface area contributed by atoms with E-state index in [1.54, 1.807) is 0 Å². The Morgan fingerprint density at radius 2 is 0.931 bits per heavy atom. The fraction of sp³-hybridized carbons (Fsp3) is 0.0182. The average Bonchev–Trinajstić information content (AvgIpc) is 3.63. The molecule has 0 saturated carbocycles.